The Bertz CT molecular complexity index is 445. The van der Waals surface area contributed by atoms with Gasteiger partial charge in [-0.05, 0) is 74.1 Å². The van der Waals surface area contributed by atoms with Gasteiger partial charge in [0.05, 0.1) is 0 Å². The lowest BCUT2D eigenvalue weighted by Gasteiger charge is -2.22. The lowest BCUT2D eigenvalue weighted by molar-refractivity contribution is 0.318. The summed E-state index contributed by atoms with van der Waals surface area (Å²) < 4.78 is 0. The summed E-state index contributed by atoms with van der Waals surface area (Å²) in [5.74, 6) is 3.39. The predicted molar refractivity (Wildman–Crippen MR) is 78.2 cm³/mol. The second kappa shape index (κ2) is 5.16. The van der Waals surface area contributed by atoms with E-state index in [0.29, 0.717) is 5.75 Å². The fraction of sp³-hybridized carbons (Fsp3) is 0.647. The Kier molecular flexibility index (Phi) is 3.53. The van der Waals surface area contributed by atoms with Gasteiger partial charge in [0.25, 0.3) is 0 Å². The van der Waals surface area contributed by atoms with E-state index in [-0.39, 0.29) is 0 Å². The van der Waals surface area contributed by atoms with Gasteiger partial charge in [-0.2, -0.15) is 0 Å². The number of rotatable bonds is 4. The van der Waals surface area contributed by atoms with Crippen LogP contribution in [0.1, 0.15) is 42.4 Å². The minimum absolute atomic E-state index is 0.442. The molecule has 2 heteroatoms. The SMILES string of the molecule is Cc1cc(CNCC2CC3CCC2C3)cc(C)c1O. The number of aryl methyl sites for hydroxylation is 2. The van der Waals surface area contributed by atoms with Gasteiger partial charge in [-0.15, -0.1) is 0 Å². The molecular formula is C17H25NO. The van der Waals surface area contributed by atoms with Crippen LogP contribution in [0.2, 0.25) is 0 Å². The van der Waals surface area contributed by atoms with Crippen molar-refractivity contribution in [1.82, 2.24) is 5.32 Å². The molecule has 2 nitrogen and oxygen atoms in total. The van der Waals surface area contributed by atoms with Crippen LogP contribution in [0.4, 0.5) is 0 Å². The van der Waals surface area contributed by atoms with Crippen LogP contribution in [0.3, 0.4) is 0 Å². The highest BCUT2D eigenvalue weighted by atomic mass is 16.3. The molecular weight excluding hydrogens is 234 g/mol. The minimum atomic E-state index is 0.442. The Hall–Kier alpha value is -1.02. The molecule has 0 aromatic heterocycles. The van der Waals surface area contributed by atoms with E-state index >= 15 is 0 Å². The monoisotopic (exact) mass is 259 g/mol. The highest BCUT2D eigenvalue weighted by Crippen LogP contribution is 2.47. The maximum absolute atomic E-state index is 9.78. The third kappa shape index (κ3) is 2.64. The summed E-state index contributed by atoms with van der Waals surface area (Å²) in [6, 6.07) is 4.19. The van der Waals surface area contributed by atoms with Crippen LogP contribution in [0.5, 0.6) is 5.75 Å². The first-order valence-corrected chi connectivity index (χ1v) is 7.63. The quantitative estimate of drug-likeness (QED) is 0.867. The Morgan fingerprint density at radius 3 is 2.47 bits per heavy atom. The summed E-state index contributed by atoms with van der Waals surface area (Å²) in [5.41, 5.74) is 3.25. The smallest absolute Gasteiger partial charge is 0.121 e. The summed E-state index contributed by atoms with van der Waals surface area (Å²) in [6.45, 7) is 6.04. The second-order valence-corrected chi connectivity index (χ2v) is 6.64. The van der Waals surface area contributed by atoms with Crippen molar-refractivity contribution in [3.63, 3.8) is 0 Å². The number of benzene rings is 1. The summed E-state index contributed by atoms with van der Waals surface area (Å²) in [6.07, 6.45) is 5.89. The van der Waals surface area contributed by atoms with Crippen LogP contribution in [0, 0.1) is 31.6 Å². The Balaban J connectivity index is 1.52. The molecule has 2 saturated carbocycles. The molecule has 1 aromatic carbocycles. The van der Waals surface area contributed by atoms with E-state index in [1.165, 1.54) is 37.8 Å². The van der Waals surface area contributed by atoms with Gasteiger partial charge in [0.15, 0.2) is 0 Å². The summed E-state index contributed by atoms with van der Waals surface area (Å²) >= 11 is 0. The lowest BCUT2D eigenvalue weighted by Crippen LogP contribution is -2.26. The third-order valence-electron chi connectivity index (χ3n) is 5.17. The molecule has 2 aliphatic rings. The van der Waals surface area contributed by atoms with Crippen molar-refractivity contribution in [2.24, 2.45) is 17.8 Å². The van der Waals surface area contributed by atoms with Gasteiger partial charge in [-0.25, -0.2) is 0 Å². The van der Waals surface area contributed by atoms with Crippen LogP contribution >= 0.6 is 0 Å². The van der Waals surface area contributed by atoms with E-state index < -0.39 is 0 Å². The van der Waals surface area contributed by atoms with Gasteiger partial charge in [0.2, 0.25) is 0 Å². The van der Waals surface area contributed by atoms with Crippen LogP contribution in [0.15, 0.2) is 12.1 Å². The van der Waals surface area contributed by atoms with Gasteiger partial charge in [-0.1, -0.05) is 18.6 Å². The average Bonchev–Trinajstić information content (AvgIpc) is 2.98. The van der Waals surface area contributed by atoms with Gasteiger partial charge < -0.3 is 10.4 Å². The van der Waals surface area contributed by atoms with Crippen molar-refractivity contribution >= 4 is 0 Å². The Morgan fingerprint density at radius 2 is 1.89 bits per heavy atom. The molecule has 0 aliphatic heterocycles. The molecule has 2 aliphatic carbocycles. The van der Waals surface area contributed by atoms with Crippen LogP contribution in [-0.2, 0) is 6.54 Å². The largest absolute Gasteiger partial charge is 0.507 e. The highest BCUT2D eigenvalue weighted by molar-refractivity contribution is 5.42. The van der Waals surface area contributed by atoms with Gasteiger partial charge in [0.1, 0.15) is 5.75 Å². The van der Waals surface area contributed by atoms with E-state index in [4.69, 9.17) is 0 Å². The number of hydrogen-bond acceptors (Lipinski definition) is 2. The zero-order valence-electron chi connectivity index (χ0n) is 12.1. The molecule has 3 atom stereocenters. The van der Waals surface area contributed by atoms with E-state index in [0.717, 1.165) is 35.4 Å². The number of nitrogens with one attached hydrogen (secondary N) is 1. The fourth-order valence-corrected chi connectivity index (χ4v) is 4.18. The van der Waals surface area contributed by atoms with Crippen LogP contribution < -0.4 is 5.32 Å². The van der Waals surface area contributed by atoms with Crippen molar-refractivity contribution in [2.75, 3.05) is 6.54 Å². The fourth-order valence-electron chi connectivity index (χ4n) is 4.18. The number of fused-ring (bicyclic) bond motifs is 2. The van der Waals surface area contributed by atoms with Gasteiger partial charge >= 0.3 is 0 Å². The van der Waals surface area contributed by atoms with Crippen molar-refractivity contribution in [3.8, 4) is 5.75 Å². The molecule has 2 N–H and O–H groups in total. The first-order valence-electron chi connectivity index (χ1n) is 7.63. The van der Waals surface area contributed by atoms with Gasteiger partial charge in [-0.3, -0.25) is 0 Å². The summed E-state index contributed by atoms with van der Waals surface area (Å²) in [4.78, 5) is 0. The molecule has 0 heterocycles. The highest BCUT2D eigenvalue weighted by Gasteiger charge is 2.38. The lowest BCUT2D eigenvalue weighted by atomic mass is 9.89. The average molecular weight is 259 g/mol. The Morgan fingerprint density at radius 1 is 1.16 bits per heavy atom. The zero-order chi connectivity index (χ0) is 13.4. The first-order chi connectivity index (χ1) is 9.13. The normalized spacial score (nSPS) is 29.1. The van der Waals surface area contributed by atoms with Gasteiger partial charge in [0, 0.05) is 6.54 Å². The van der Waals surface area contributed by atoms with E-state index in [2.05, 4.69) is 17.4 Å². The molecule has 104 valence electrons. The third-order valence-corrected chi connectivity index (χ3v) is 5.17. The molecule has 2 fully saturated rings. The second-order valence-electron chi connectivity index (χ2n) is 6.64. The van der Waals surface area contributed by atoms with Crippen molar-refractivity contribution < 1.29 is 5.11 Å². The Labute approximate surface area is 116 Å². The van der Waals surface area contributed by atoms with Crippen molar-refractivity contribution in [2.45, 2.75) is 46.1 Å². The van der Waals surface area contributed by atoms with E-state index in [1.807, 2.05) is 13.8 Å². The molecule has 0 spiro atoms. The summed E-state index contributed by atoms with van der Waals surface area (Å²) in [5, 5.41) is 13.4. The molecule has 2 bridgehead atoms. The number of hydrogen-bond donors (Lipinski definition) is 2. The number of phenolic OH excluding ortho intramolecular Hbond substituents is 1. The number of phenols is 1. The molecule has 1 aromatic rings. The van der Waals surface area contributed by atoms with E-state index in [9.17, 15) is 5.11 Å². The zero-order valence-corrected chi connectivity index (χ0v) is 12.1. The maximum Gasteiger partial charge on any atom is 0.121 e. The van der Waals surface area contributed by atoms with Crippen LogP contribution in [-0.4, -0.2) is 11.7 Å². The first kappa shape index (κ1) is 13.0. The molecule has 3 unspecified atom stereocenters. The minimum Gasteiger partial charge on any atom is -0.507 e. The maximum atomic E-state index is 9.78. The van der Waals surface area contributed by atoms with Crippen molar-refractivity contribution in [1.29, 1.82) is 0 Å². The predicted octanol–water partition coefficient (Wildman–Crippen LogP) is 3.53. The standard InChI is InChI=1S/C17H25NO/c1-11-5-14(6-12(2)17(11)19)9-18-10-16-8-13-3-4-15(16)7-13/h5-6,13,15-16,18-19H,3-4,7-10H2,1-2H3. The van der Waals surface area contributed by atoms with E-state index in [1.54, 1.807) is 0 Å². The number of aromatic hydroxyl groups is 1. The topological polar surface area (TPSA) is 32.3 Å². The molecule has 0 saturated heterocycles. The molecule has 0 radical (unpaired) electrons. The molecule has 19 heavy (non-hydrogen) atoms. The molecule has 0 amide bonds. The molecule has 3 rings (SSSR count). The van der Waals surface area contributed by atoms with Crippen LogP contribution in [0.25, 0.3) is 0 Å². The van der Waals surface area contributed by atoms with Crippen molar-refractivity contribution in [3.05, 3.63) is 28.8 Å². The summed E-state index contributed by atoms with van der Waals surface area (Å²) in [7, 11) is 0.